The van der Waals surface area contributed by atoms with E-state index in [9.17, 15) is 4.39 Å². The lowest BCUT2D eigenvalue weighted by atomic mass is 10.1. The predicted molar refractivity (Wildman–Crippen MR) is 112 cm³/mol. The fraction of sp³-hybridized carbons (Fsp3) is 0.182. The van der Waals surface area contributed by atoms with E-state index in [0.29, 0.717) is 36.3 Å². The van der Waals surface area contributed by atoms with Crippen LogP contribution in [0.4, 0.5) is 10.1 Å². The van der Waals surface area contributed by atoms with Gasteiger partial charge in [-0.15, -0.1) is 0 Å². The van der Waals surface area contributed by atoms with E-state index in [1.54, 1.807) is 12.1 Å². The summed E-state index contributed by atoms with van der Waals surface area (Å²) in [6.45, 7) is 3.31. The Labute approximate surface area is 174 Å². The van der Waals surface area contributed by atoms with Crippen molar-refractivity contribution in [2.24, 2.45) is 0 Å². The summed E-state index contributed by atoms with van der Waals surface area (Å²) in [5.74, 6) is 0.894. The molecule has 0 aliphatic carbocycles. The molecule has 0 saturated heterocycles. The topological polar surface area (TPSA) is 30.5 Å². The van der Waals surface area contributed by atoms with Crippen LogP contribution in [0.2, 0.25) is 10.0 Å². The van der Waals surface area contributed by atoms with Gasteiger partial charge in [-0.1, -0.05) is 47.5 Å². The number of benzene rings is 3. The number of ether oxygens (including phenoxy) is 2. The summed E-state index contributed by atoms with van der Waals surface area (Å²) in [6.07, 6.45) is 0. The van der Waals surface area contributed by atoms with Crippen molar-refractivity contribution < 1.29 is 13.9 Å². The van der Waals surface area contributed by atoms with Crippen LogP contribution in [0.25, 0.3) is 0 Å². The van der Waals surface area contributed by atoms with Gasteiger partial charge in [0.15, 0.2) is 11.5 Å². The summed E-state index contributed by atoms with van der Waals surface area (Å²) in [4.78, 5) is 0. The van der Waals surface area contributed by atoms with E-state index in [0.717, 1.165) is 16.8 Å². The van der Waals surface area contributed by atoms with E-state index in [1.807, 2.05) is 49.4 Å². The van der Waals surface area contributed by atoms with Crippen LogP contribution in [0.3, 0.4) is 0 Å². The molecule has 0 spiro atoms. The highest BCUT2D eigenvalue weighted by atomic mass is 35.5. The number of hydrogen-bond donors (Lipinski definition) is 1. The van der Waals surface area contributed by atoms with E-state index < -0.39 is 5.82 Å². The zero-order chi connectivity index (χ0) is 19.9. The smallest absolute Gasteiger partial charge is 0.166 e. The highest BCUT2D eigenvalue weighted by Crippen LogP contribution is 2.33. The summed E-state index contributed by atoms with van der Waals surface area (Å²) in [5, 5.41) is 4.00. The first-order valence-electron chi connectivity index (χ1n) is 8.87. The molecule has 3 aromatic carbocycles. The second-order valence-corrected chi connectivity index (χ2v) is 6.92. The van der Waals surface area contributed by atoms with Crippen molar-refractivity contribution in [2.45, 2.75) is 20.1 Å². The van der Waals surface area contributed by atoms with Crippen molar-refractivity contribution in [1.29, 1.82) is 0 Å². The number of rotatable bonds is 8. The Morgan fingerprint density at radius 3 is 2.46 bits per heavy atom. The first kappa shape index (κ1) is 20.3. The maximum Gasteiger partial charge on any atom is 0.166 e. The molecule has 3 nitrogen and oxygen atoms in total. The highest BCUT2D eigenvalue weighted by Gasteiger charge is 2.12. The van der Waals surface area contributed by atoms with Crippen LogP contribution >= 0.6 is 23.2 Å². The molecule has 3 aromatic rings. The Morgan fingerprint density at radius 1 is 0.964 bits per heavy atom. The van der Waals surface area contributed by atoms with Crippen LogP contribution in [-0.4, -0.2) is 6.61 Å². The lowest BCUT2D eigenvalue weighted by Crippen LogP contribution is -2.06. The van der Waals surface area contributed by atoms with Gasteiger partial charge in [0.2, 0.25) is 0 Å². The Balaban J connectivity index is 1.78. The van der Waals surface area contributed by atoms with Gasteiger partial charge in [0.05, 0.1) is 11.6 Å². The summed E-state index contributed by atoms with van der Waals surface area (Å²) < 4.78 is 25.2. The van der Waals surface area contributed by atoms with Gasteiger partial charge >= 0.3 is 0 Å². The van der Waals surface area contributed by atoms with E-state index in [4.69, 9.17) is 32.7 Å². The van der Waals surface area contributed by atoms with Crippen molar-refractivity contribution in [2.75, 3.05) is 11.9 Å². The maximum absolute atomic E-state index is 13.3. The average Bonchev–Trinajstić information content (AvgIpc) is 2.69. The summed E-state index contributed by atoms with van der Waals surface area (Å²) in [7, 11) is 0. The standard InChI is InChI=1S/C22H20Cl2FNO2/c1-2-27-21-5-3-4-16(13-26-18-10-11-20(25)19(24)12-18)22(21)28-14-15-6-8-17(23)9-7-15/h3-12,26H,2,13-14H2,1H3. The molecule has 3 rings (SSSR count). The minimum absolute atomic E-state index is 0.0762. The van der Waals surface area contributed by atoms with Gasteiger partial charge in [0, 0.05) is 22.8 Å². The van der Waals surface area contributed by atoms with Crippen molar-refractivity contribution >= 4 is 28.9 Å². The van der Waals surface area contributed by atoms with Crippen LogP contribution < -0.4 is 14.8 Å². The molecule has 1 N–H and O–H groups in total. The SMILES string of the molecule is CCOc1cccc(CNc2ccc(F)c(Cl)c2)c1OCc1ccc(Cl)cc1. The van der Waals surface area contributed by atoms with Gasteiger partial charge in [-0.2, -0.15) is 0 Å². The Bertz CT molecular complexity index is 932. The summed E-state index contributed by atoms with van der Waals surface area (Å²) >= 11 is 11.8. The predicted octanol–water partition coefficient (Wildman–Crippen LogP) is 6.72. The number of para-hydroxylation sites is 1. The van der Waals surface area contributed by atoms with Crippen molar-refractivity contribution in [3.63, 3.8) is 0 Å². The summed E-state index contributed by atoms with van der Waals surface area (Å²) in [5.41, 5.74) is 2.64. The fourth-order valence-electron chi connectivity index (χ4n) is 2.67. The third-order valence-electron chi connectivity index (χ3n) is 4.06. The van der Waals surface area contributed by atoms with E-state index in [-0.39, 0.29) is 5.02 Å². The van der Waals surface area contributed by atoms with E-state index in [2.05, 4.69) is 5.32 Å². The van der Waals surface area contributed by atoms with E-state index >= 15 is 0 Å². The second-order valence-electron chi connectivity index (χ2n) is 6.07. The third-order valence-corrected chi connectivity index (χ3v) is 4.60. The zero-order valence-electron chi connectivity index (χ0n) is 15.3. The third kappa shape index (κ3) is 5.31. The van der Waals surface area contributed by atoms with Crippen LogP contribution in [0.15, 0.2) is 60.7 Å². The van der Waals surface area contributed by atoms with Crippen molar-refractivity contribution in [3.05, 3.63) is 87.7 Å². The van der Waals surface area contributed by atoms with Gasteiger partial charge < -0.3 is 14.8 Å². The molecular weight excluding hydrogens is 400 g/mol. The fourth-order valence-corrected chi connectivity index (χ4v) is 2.98. The number of halogens is 3. The monoisotopic (exact) mass is 419 g/mol. The van der Waals surface area contributed by atoms with Crippen LogP contribution in [-0.2, 0) is 13.2 Å². The molecule has 0 heterocycles. The molecule has 28 heavy (non-hydrogen) atoms. The first-order valence-corrected chi connectivity index (χ1v) is 9.63. The Morgan fingerprint density at radius 2 is 1.75 bits per heavy atom. The normalized spacial score (nSPS) is 10.6. The molecule has 0 fully saturated rings. The molecule has 0 bridgehead atoms. The molecule has 0 aliphatic heterocycles. The van der Waals surface area contributed by atoms with Gasteiger partial charge in [-0.25, -0.2) is 4.39 Å². The van der Waals surface area contributed by atoms with Crippen LogP contribution in [0, 0.1) is 5.82 Å². The Hall–Kier alpha value is -2.43. The molecule has 0 aliphatic rings. The second kappa shape index (κ2) is 9.67. The Kier molecular flexibility index (Phi) is 7.01. The van der Waals surface area contributed by atoms with Gasteiger partial charge in [-0.05, 0) is 48.9 Å². The number of nitrogens with one attached hydrogen (secondary N) is 1. The van der Waals surface area contributed by atoms with Gasteiger partial charge in [-0.3, -0.25) is 0 Å². The lowest BCUT2D eigenvalue weighted by molar-refractivity contribution is 0.267. The highest BCUT2D eigenvalue weighted by molar-refractivity contribution is 6.31. The minimum Gasteiger partial charge on any atom is -0.490 e. The quantitative estimate of drug-likeness (QED) is 0.439. The molecule has 6 heteroatoms. The minimum atomic E-state index is -0.447. The van der Waals surface area contributed by atoms with Gasteiger partial charge in [0.25, 0.3) is 0 Å². The first-order chi connectivity index (χ1) is 13.6. The number of hydrogen-bond acceptors (Lipinski definition) is 3. The maximum atomic E-state index is 13.3. The molecule has 0 saturated carbocycles. The lowest BCUT2D eigenvalue weighted by Gasteiger charge is -2.17. The number of anilines is 1. The molecular formula is C22H20Cl2FNO2. The molecule has 146 valence electrons. The molecule has 0 amide bonds. The van der Waals surface area contributed by atoms with Crippen molar-refractivity contribution in [1.82, 2.24) is 0 Å². The van der Waals surface area contributed by atoms with Crippen LogP contribution in [0.1, 0.15) is 18.1 Å². The van der Waals surface area contributed by atoms with Crippen LogP contribution in [0.5, 0.6) is 11.5 Å². The summed E-state index contributed by atoms with van der Waals surface area (Å²) in [6, 6.07) is 17.8. The molecule has 0 radical (unpaired) electrons. The molecule has 0 unspecified atom stereocenters. The molecule has 0 atom stereocenters. The van der Waals surface area contributed by atoms with Crippen molar-refractivity contribution in [3.8, 4) is 11.5 Å². The van der Waals surface area contributed by atoms with Gasteiger partial charge in [0.1, 0.15) is 12.4 Å². The average molecular weight is 420 g/mol. The largest absolute Gasteiger partial charge is 0.490 e. The van der Waals surface area contributed by atoms with E-state index in [1.165, 1.54) is 6.07 Å². The molecule has 0 aromatic heterocycles. The zero-order valence-corrected chi connectivity index (χ0v) is 16.9.